The van der Waals surface area contributed by atoms with E-state index in [1.807, 2.05) is 0 Å². The van der Waals surface area contributed by atoms with Crippen LogP contribution in [0.3, 0.4) is 0 Å². The molecule has 10 heteroatoms. The Balaban J connectivity index is 0.00000306. The van der Waals surface area contributed by atoms with Crippen molar-refractivity contribution in [1.82, 2.24) is 15.1 Å². The van der Waals surface area contributed by atoms with E-state index in [0.717, 1.165) is 31.6 Å². The van der Waals surface area contributed by atoms with Crippen molar-refractivity contribution < 1.29 is 18.7 Å². The highest BCUT2D eigenvalue weighted by Gasteiger charge is 2.27. The lowest BCUT2D eigenvalue weighted by Crippen LogP contribution is -2.29. The maximum absolute atomic E-state index is 13.5. The summed E-state index contributed by atoms with van der Waals surface area (Å²) < 4.78 is 25.8. The second-order valence-corrected chi connectivity index (χ2v) is 7.90. The first kappa shape index (κ1) is 24.8. The molecule has 0 unspecified atom stereocenters. The number of piperidine rings is 1. The van der Waals surface area contributed by atoms with E-state index in [9.17, 15) is 9.18 Å². The van der Waals surface area contributed by atoms with Crippen LogP contribution in [0.1, 0.15) is 34.8 Å². The Hall–Kier alpha value is -2.81. The van der Waals surface area contributed by atoms with Gasteiger partial charge in [0.2, 0.25) is 0 Å². The number of carbonyl (C=O) groups is 1. The summed E-state index contributed by atoms with van der Waals surface area (Å²) in [6.07, 6.45) is 3.28. The highest BCUT2D eigenvalue weighted by atomic mass is 35.5. The van der Waals surface area contributed by atoms with Gasteiger partial charge in [-0.05, 0) is 56.3 Å². The molecular formula is C23H25Cl2FN4O3. The number of ether oxygens (including phenoxy) is 2. The van der Waals surface area contributed by atoms with Crippen LogP contribution >= 0.6 is 24.0 Å². The van der Waals surface area contributed by atoms with Crippen LogP contribution in [0.2, 0.25) is 5.02 Å². The molecule has 0 bridgehead atoms. The number of carbonyl (C=O) groups excluding carboxylic acids is 1. The fraction of sp³-hybridized carbons (Fsp3) is 0.304. The molecule has 2 heterocycles. The average molecular weight is 495 g/mol. The molecule has 1 amide bonds. The molecule has 0 saturated carbocycles. The van der Waals surface area contributed by atoms with Crippen molar-refractivity contribution in [2.45, 2.75) is 18.8 Å². The molecule has 0 spiro atoms. The number of nitrogens with one attached hydrogen (secondary N) is 2. The minimum atomic E-state index is -0.328. The molecule has 1 fully saturated rings. The number of amides is 1. The van der Waals surface area contributed by atoms with Crippen molar-refractivity contribution >= 4 is 35.6 Å². The Morgan fingerprint density at radius 2 is 1.82 bits per heavy atom. The first-order valence-electron chi connectivity index (χ1n) is 10.3. The number of rotatable bonds is 6. The first-order valence-corrected chi connectivity index (χ1v) is 10.7. The molecule has 2 N–H and O–H groups in total. The Morgan fingerprint density at radius 3 is 2.45 bits per heavy atom. The molecule has 0 atom stereocenters. The summed E-state index contributed by atoms with van der Waals surface area (Å²) in [5, 5.41) is 11.1. The van der Waals surface area contributed by atoms with Gasteiger partial charge < -0.3 is 20.1 Å². The van der Waals surface area contributed by atoms with Crippen molar-refractivity contribution in [3.05, 3.63) is 64.7 Å². The highest BCUT2D eigenvalue weighted by Crippen LogP contribution is 2.37. The number of nitrogens with zero attached hydrogens (tertiary/aromatic N) is 2. The maximum Gasteiger partial charge on any atom is 0.259 e. The fourth-order valence-corrected chi connectivity index (χ4v) is 4.20. The summed E-state index contributed by atoms with van der Waals surface area (Å²) in [7, 11) is 3.01. The number of halogens is 3. The van der Waals surface area contributed by atoms with Gasteiger partial charge in [0.1, 0.15) is 17.3 Å². The highest BCUT2D eigenvalue weighted by molar-refractivity contribution is 6.32. The van der Waals surface area contributed by atoms with Gasteiger partial charge in [-0.15, -0.1) is 12.4 Å². The van der Waals surface area contributed by atoms with Crippen LogP contribution in [0.25, 0.3) is 5.69 Å². The van der Waals surface area contributed by atoms with Crippen LogP contribution in [0, 0.1) is 5.82 Å². The van der Waals surface area contributed by atoms with Crippen molar-refractivity contribution in [3.63, 3.8) is 0 Å². The smallest absolute Gasteiger partial charge is 0.259 e. The molecule has 1 saturated heterocycles. The summed E-state index contributed by atoms with van der Waals surface area (Å²) in [4.78, 5) is 13.3. The van der Waals surface area contributed by atoms with Crippen LogP contribution < -0.4 is 20.1 Å². The zero-order valence-electron chi connectivity index (χ0n) is 18.2. The van der Waals surface area contributed by atoms with E-state index < -0.39 is 0 Å². The van der Waals surface area contributed by atoms with Crippen LogP contribution in [-0.4, -0.2) is 43.0 Å². The molecule has 176 valence electrons. The van der Waals surface area contributed by atoms with Gasteiger partial charge in [0.05, 0.1) is 48.1 Å². The second kappa shape index (κ2) is 10.9. The number of aromatic nitrogens is 2. The van der Waals surface area contributed by atoms with E-state index in [4.69, 9.17) is 21.1 Å². The van der Waals surface area contributed by atoms with Gasteiger partial charge in [0.25, 0.3) is 5.91 Å². The van der Waals surface area contributed by atoms with Gasteiger partial charge in [-0.2, -0.15) is 5.10 Å². The number of hydrogen-bond acceptors (Lipinski definition) is 5. The quantitative estimate of drug-likeness (QED) is 0.513. The van der Waals surface area contributed by atoms with Crippen molar-refractivity contribution in [2.75, 3.05) is 32.6 Å². The summed E-state index contributed by atoms with van der Waals surface area (Å²) >= 11 is 6.25. The predicted octanol–water partition coefficient (Wildman–Crippen LogP) is 4.82. The average Bonchev–Trinajstić information content (AvgIpc) is 3.26. The normalized spacial score (nSPS) is 13.8. The van der Waals surface area contributed by atoms with Crippen molar-refractivity contribution in [1.29, 1.82) is 0 Å². The predicted molar refractivity (Wildman–Crippen MR) is 128 cm³/mol. The number of anilines is 1. The van der Waals surface area contributed by atoms with Gasteiger partial charge in [-0.3, -0.25) is 4.79 Å². The zero-order valence-corrected chi connectivity index (χ0v) is 19.8. The third kappa shape index (κ3) is 5.24. The van der Waals surface area contributed by atoms with E-state index in [1.165, 1.54) is 26.4 Å². The monoisotopic (exact) mass is 494 g/mol. The van der Waals surface area contributed by atoms with E-state index >= 15 is 0 Å². The van der Waals surface area contributed by atoms with E-state index in [2.05, 4.69) is 15.7 Å². The largest absolute Gasteiger partial charge is 0.495 e. The van der Waals surface area contributed by atoms with Crippen LogP contribution in [0.15, 0.2) is 42.6 Å². The summed E-state index contributed by atoms with van der Waals surface area (Å²) in [6.45, 7) is 1.70. The van der Waals surface area contributed by atoms with Crippen LogP contribution in [0.5, 0.6) is 11.5 Å². The minimum absolute atomic E-state index is 0. The van der Waals surface area contributed by atoms with E-state index in [-0.39, 0.29) is 30.0 Å². The van der Waals surface area contributed by atoms with Gasteiger partial charge in [0.15, 0.2) is 0 Å². The molecule has 1 aromatic heterocycles. The molecule has 0 aliphatic carbocycles. The zero-order chi connectivity index (χ0) is 22.7. The SMILES string of the molecule is COc1cc(OC)c(NC(=O)c2cnn(-c3ccc(F)cc3)c2C2CCNCC2)cc1Cl.Cl. The maximum atomic E-state index is 13.5. The van der Waals surface area contributed by atoms with E-state index in [1.54, 1.807) is 35.1 Å². The molecule has 4 rings (SSSR count). The molecular weight excluding hydrogens is 470 g/mol. The Bertz CT molecular complexity index is 1120. The van der Waals surface area contributed by atoms with Gasteiger partial charge >= 0.3 is 0 Å². The fourth-order valence-electron chi connectivity index (χ4n) is 3.96. The summed E-state index contributed by atoms with van der Waals surface area (Å²) in [5.74, 6) is 0.345. The molecule has 1 aliphatic rings. The number of hydrogen-bond donors (Lipinski definition) is 2. The molecule has 3 aromatic rings. The second-order valence-electron chi connectivity index (χ2n) is 7.50. The minimum Gasteiger partial charge on any atom is -0.495 e. The van der Waals surface area contributed by atoms with Gasteiger partial charge in [-0.1, -0.05) is 11.6 Å². The molecule has 7 nitrogen and oxygen atoms in total. The molecule has 1 aliphatic heterocycles. The molecule has 2 aromatic carbocycles. The topological polar surface area (TPSA) is 77.4 Å². The number of benzene rings is 2. The van der Waals surface area contributed by atoms with Crippen LogP contribution in [-0.2, 0) is 0 Å². The molecule has 0 radical (unpaired) electrons. The Labute approximate surface area is 202 Å². The van der Waals surface area contributed by atoms with Gasteiger partial charge in [-0.25, -0.2) is 9.07 Å². The van der Waals surface area contributed by atoms with Crippen molar-refractivity contribution in [2.24, 2.45) is 0 Å². The van der Waals surface area contributed by atoms with E-state index in [0.29, 0.717) is 33.5 Å². The summed E-state index contributed by atoms with van der Waals surface area (Å²) in [5.41, 5.74) is 2.38. The van der Waals surface area contributed by atoms with Crippen LogP contribution in [0.4, 0.5) is 10.1 Å². The third-order valence-corrected chi connectivity index (χ3v) is 5.87. The lowest BCUT2D eigenvalue weighted by Gasteiger charge is -2.25. The number of methoxy groups -OCH3 is 2. The summed E-state index contributed by atoms with van der Waals surface area (Å²) in [6, 6.07) is 9.28. The standard InChI is InChI=1S/C23H24ClFN4O3.ClH/c1-31-20-12-21(32-2)19(11-18(20)24)28-23(30)17-13-27-29(16-5-3-15(25)4-6-16)22(17)14-7-9-26-10-8-14;/h3-6,11-14,26H,7-10H2,1-2H3,(H,28,30);1H. The Morgan fingerprint density at radius 1 is 1.15 bits per heavy atom. The third-order valence-electron chi connectivity index (χ3n) is 5.57. The first-order chi connectivity index (χ1) is 15.5. The van der Waals surface area contributed by atoms with Gasteiger partial charge in [0, 0.05) is 12.0 Å². The molecule has 33 heavy (non-hydrogen) atoms. The lowest BCUT2D eigenvalue weighted by molar-refractivity contribution is 0.102. The van der Waals surface area contributed by atoms with Crippen molar-refractivity contribution in [3.8, 4) is 17.2 Å². The Kier molecular flexibility index (Phi) is 8.18. The lowest BCUT2D eigenvalue weighted by atomic mass is 9.91.